The average Bonchev–Trinajstić information content (AvgIpc) is 2.79. The molecule has 0 spiro atoms. The van der Waals surface area contributed by atoms with Crippen molar-refractivity contribution in [2.75, 3.05) is 10.8 Å². The highest BCUT2D eigenvalue weighted by Crippen LogP contribution is 2.31. The van der Waals surface area contributed by atoms with Crippen LogP contribution < -0.4 is 9.03 Å². The Balaban J connectivity index is 1.75. The van der Waals surface area contributed by atoms with Gasteiger partial charge in [0.15, 0.2) is 0 Å². The van der Waals surface area contributed by atoms with Crippen LogP contribution in [0.15, 0.2) is 42.5 Å². The number of aromatic hydroxyl groups is 1. The lowest BCUT2D eigenvalue weighted by atomic mass is 10.0. The Hall–Kier alpha value is -2.54. The molecule has 1 fully saturated rings. The van der Waals surface area contributed by atoms with E-state index in [1.54, 1.807) is 12.1 Å². The largest absolute Gasteiger partial charge is 0.506 e. The van der Waals surface area contributed by atoms with E-state index in [2.05, 4.69) is 24.3 Å². The number of nitrogens with one attached hydrogen (secondary N) is 1. The van der Waals surface area contributed by atoms with E-state index >= 15 is 0 Å². The lowest BCUT2D eigenvalue weighted by Gasteiger charge is -2.16. The number of benzene rings is 2. The molecule has 1 saturated heterocycles. The highest BCUT2D eigenvalue weighted by Gasteiger charge is 2.35. The number of carbonyl (C=O) groups is 1. The van der Waals surface area contributed by atoms with Gasteiger partial charge in [-0.1, -0.05) is 35.9 Å². The van der Waals surface area contributed by atoms with Gasteiger partial charge in [-0.2, -0.15) is 8.42 Å². The Kier molecular flexibility index (Phi) is 4.19. The van der Waals surface area contributed by atoms with Crippen molar-refractivity contribution < 1.29 is 18.3 Å². The molecule has 1 heterocycles. The Bertz CT molecular complexity index is 876. The van der Waals surface area contributed by atoms with Crippen LogP contribution in [-0.4, -0.2) is 26.0 Å². The van der Waals surface area contributed by atoms with Crippen LogP contribution in [0.5, 0.6) is 5.75 Å². The number of aryl methyl sites for hydroxylation is 3. The number of phenolic OH excluding ortho intramolecular Hbond substituents is 1. The van der Waals surface area contributed by atoms with Crippen LogP contribution in [0, 0.1) is 6.92 Å². The summed E-state index contributed by atoms with van der Waals surface area (Å²) in [5, 5.41) is 10.2. The molecule has 24 heavy (non-hydrogen) atoms. The zero-order chi connectivity index (χ0) is 17.3. The summed E-state index contributed by atoms with van der Waals surface area (Å²) in [6.07, 6.45) is 1.54. The van der Waals surface area contributed by atoms with Crippen molar-refractivity contribution in [2.45, 2.75) is 19.8 Å². The van der Waals surface area contributed by atoms with Gasteiger partial charge in [0, 0.05) is 0 Å². The summed E-state index contributed by atoms with van der Waals surface area (Å²) in [5.74, 6) is -0.769. The van der Waals surface area contributed by atoms with Gasteiger partial charge < -0.3 is 5.11 Å². The summed E-state index contributed by atoms with van der Waals surface area (Å²) < 4.78 is 26.4. The molecule has 6 nitrogen and oxygen atoms in total. The van der Waals surface area contributed by atoms with Gasteiger partial charge in [-0.3, -0.25) is 4.79 Å². The molecule has 7 heteroatoms. The molecule has 0 aromatic heterocycles. The summed E-state index contributed by atoms with van der Waals surface area (Å²) >= 11 is 0. The number of anilines is 1. The average molecular weight is 346 g/mol. The van der Waals surface area contributed by atoms with E-state index in [1.165, 1.54) is 17.2 Å². The van der Waals surface area contributed by atoms with Crippen molar-refractivity contribution in [3.63, 3.8) is 0 Å². The van der Waals surface area contributed by atoms with Crippen molar-refractivity contribution in [1.29, 1.82) is 0 Å². The van der Waals surface area contributed by atoms with E-state index in [0.717, 1.165) is 22.7 Å². The van der Waals surface area contributed by atoms with Gasteiger partial charge in [0.2, 0.25) is 0 Å². The zero-order valence-electron chi connectivity index (χ0n) is 13.2. The predicted octanol–water partition coefficient (Wildman–Crippen LogP) is 1.67. The molecule has 0 aliphatic carbocycles. The molecule has 1 aliphatic rings. The first-order valence-corrected chi connectivity index (χ1v) is 9.00. The normalized spacial score (nSPS) is 16.2. The second kappa shape index (κ2) is 6.16. The highest BCUT2D eigenvalue weighted by atomic mass is 32.2. The third-order valence-corrected chi connectivity index (χ3v) is 5.34. The van der Waals surface area contributed by atoms with Crippen LogP contribution in [0.1, 0.15) is 16.7 Å². The third-order valence-electron chi connectivity index (χ3n) is 3.95. The van der Waals surface area contributed by atoms with E-state index in [-0.39, 0.29) is 18.0 Å². The molecule has 1 aliphatic heterocycles. The van der Waals surface area contributed by atoms with Crippen molar-refractivity contribution in [2.24, 2.45) is 0 Å². The molecule has 2 aromatic carbocycles. The Morgan fingerprint density at radius 1 is 1.08 bits per heavy atom. The maximum atomic E-state index is 11.8. The molecular weight excluding hydrogens is 328 g/mol. The highest BCUT2D eigenvalue weighted by molar-refractivity contribution is 7.92. The standard InChI is InChI=1S/C17H18N2O4S/c1-12-2-4-13(5-3-12)6-7-14-8-9-15(16(20)10-14)19-11-17(21)18-24(19,22)23/h2-5,8-10,20H,6-7,11H2,1H3,(H,18,21). The summed E-state index contributed by atoms with van der Waals surface area (Å²) in [6, 6.07) is 13.1. The monoisotopic (exact) mass is 346 g/mol. The minimum Gasteiger partial charge on any atom is -0.506 e. The first-order chi connectivity index (χ1) is 11.3. The van der Waals surface area contributed by atoms with Crippen LogP contribution in [-0.2, 0) is 27.8 Å². The maximum absolute atomic E-state index is 11.8. The number of carbonyl (C=O) groups excluding carboxylic acids is 1. The fourth-order valence-corrected chi connectivity index (χ4v) is 3.80. The Labute approximate surface area is 140 Å². The predicted molar refractivity (Wildman–Crippen MR) is 91.1 cm³/mol. The molecule has 2 aromatic rings. The lowest BCUT2D eigenvalue weighted by Crippen LogP contribution is -2.29. The van der Waals surface area contributed by atoms with E-state index in [0.29, 0.717) is 0 Å². The van der Waals surface area contributed by atoms with Gasteiger partial charge in [-0.25, -0.2) is 9.03 Å². The summed E-state index contributed by atoms with van der Waals surface area (Å²) in [7, 11) is -3.91. The molecule has 126 valence electrons. The maximum Gasteiger partial charge on any atom is 0.326 e. The van der Waals surface area contributed by atoms with Gasteiger partial charge >= 0.3 is 10.2 Å². The molecule has 1 amide bonds. The molecule has 0 saturated carbocycles. The first kappa shape index (κ1) is 16.3. The number of nitrogens with zero attached hydrogens (tertiary/aromatic N) is 1. The molecule has 0 unspecified atom stereocenters. The Morgan fingerprint density at radius 3 is 2.29 bits per heavy atom. The van der Waals surface area contributed by atoms with Crippen LogP contribution in [0.3, 0.4) is 0 Å². The van der Waals surface area contributed by atoms with E-state index in [4.69, 9.17) is 0 Å². The number of rotatable bonds is 4. The number of amides is 1. The van der Waals surface area contributed by atoms with Gasteiger partial charge in [0.1, 0.15) is 12.3 Å². The molecule has 0 atom stereocenters. The zero-order valence-corrected chi connectivity index (χ0v) is 14.0. The van der Waals surface area contributed by atoms with Gasteiger partial charge in [0.05, 0.1) is 5.69 Å². The van der Waals surface area contributed by atoms with Crippen LogP contribution in [0.25, 0.3) is 0 Å². The number of hydrogen-bond donors (Lipinski definition) is 2. The quantitative estimate of drug-likeness (QED) is 0.882. The van der Waals surface area contributed by atoms with Crippen molar-refractivity contribution >= 4 is 21.8 Å². The van der Waals surface area contributed by atoms with Crippen LogP contribution >= 0.6 is 0 Å². The molecule has 2 N–H and O–H groups in total. The summed E-state index contributed by atoms with van der Waals surface area (Å²) in [6.45, 7) is 1.71. The van der Waals surface area contributed by atoms with Crippen molar-refractivity contribution in [3.8, 4) is 5.75 Å². The number of hydrogen-bond acceptors (Lipinski definition) is 4. The number of phenols is 1. The van der Waals surface area contributed by atoms with E-state index in [1.807, 2.05) is 11.6 Å². The molecule has 3 rings (SSSR count). The minimum absolute atomic E-state index is 0.104. The Morgan fingerprint density at radius 2 is 1.71 bits per heavy atom. The third kappa shape index (κ3) is 3.35. The first-order valence-electron chi connectivity index (χ1n) is 7.56. The lowest BCUT2D eigenvalue weighted by molar-refractivity contribution is -0.117. The fourth-order valence-electron chi connectivity index (χ4n) is 2.64. The second-order valence-electron chi connectivity index (χ2n) is 5.85. The van der Waals surface area contributed by atoms with E-state index < -0.39 is 16.1 Å². The van der Waals surface area contributed by atoms with Crippen LogP contribution in [0.4, 0.5) is 5.69 Å². The molecular formula is C17H18N2O4S. The fraction of sp³-hybridized carbons (Fsp3) is 0.235. The van der Waals surface area contributed by atoms with Crippen molar-refractivity contribution in [3.05, 3.63) is 59.2 Å². The van der Waals surface area contributed by atoms with Gasteiger partial charge in [-0.05, 0) is 43.0 Å². The molecule has 0 radical (unpaired) electrons. The molecule has 0 bridgehead atoms. The topological polar surface area (TPSA) is 86.7 Å². The van der Waals surface area contributed by atoms with E-state index in [9.17, 15) is 18.3 Å². The second-order valence-corrected chi connectivity index (χ2v) is 7.44. The van der Waals surface area contributed by atoms with Crippen LogP contribution in [0.2, 0.25) is 0 Å². The van der Waals surface area contributed by atoms with Gasteiger partial charge in [0.25, 0.3) is 5.91 Å². The smallest absolute Gasteiger partial charge is 0.326 e. The van der Waals surface area contributed by atoms with Crippen molar-refractivity contribution in [1.82, 2.24) is 4.72 Å². The summed E-state index contributed by atoms with van der Waals surface area (Å²) in [5.41, 5.74) is 3.40. The minimum atomic E-state index is -3.91. The van der Waals surface area contributed by atoms with Gasteiger partial charge in [-0.15, -0.1) is 0 Å². The SMILES string of the molecule is Cc1ccc(CCc2ccc(N3CC(=O)NS3(=O)=O)c(O)c2)cc1. The summed E-state index contributed by atoms with van der Waals surface area (Å²) in [4.78, 5) is 11.3.